The fourth-order valence-electron chi connectivity index (χ4n) is 1.49. The van der Waals surface area contributed by atoms with Gasteiger partial charge >= 0.3 is 6.09 Å². The predicted octanol–water partition coefficient (Wildman–Crippen LogP) is 1.82. The number of hydrogen-bond acceptors (Lipinski definition) is 3. The van der Waals surface area contributed by atoms with Gasteiger partial charge in [-0.2, -0.15) is 0 Å². The summed E-state index contributed by atoms with van der Waals surface area (Å²) < 4.78 is 5.13. The van der Waals surface area contributed by atoms with E-state index in [2.05, 4.69) is 10.6 Å². The summed E-state index contributed by atoms with van der Waals surface area (Å²) in [6.45, 7) is 7.95. The van der Waals surface area contributed by atoms with E-state index in [9.17, 15) is 9.59 Å². The number of carbonyl (C=O) groups is 2. The highest BCUT2D eigenvalue weighted by molar-refractivity contribution is 5.85. The molecule has 0 aliphatic heterocycles. The third-order valence-corrected chi connectivity index (χ3v) is 2.68. The first-order valence-electron chi connectivity index (χ1n) is 6.59. The summed E-state index contributed by atoms with van der Waals surface area (Å²) in [7, 11) is 0. The zero-order chi connectivity index (χ0) is 13.8. The van der Waals surface area contributed by atoms with Crippen LogP contribution in [-0.4, -0.2) is 30.2 Å². The lowest BCUT2D eigenvalue weighted by molar-refractivity contribution is -0.123. The molecule has 0 spiro atoms. The smallest absolute Gasteiger partial charge is 0.408 e. The second kappa shape index (κ2) is 6.07. The molecule has 1 aliphatic carbocycles. The van der Waals surface area contributed by atoms with E-state index in [4.69, 9.17) is 4.74 Å². The number of nitrogens with one attached hydrogen (secondary N) is 2. The largest absolute Gasteiger partial charge is 0.444 e. The van der Waals surface area contributed by atoms with Crippen LogP contribution in [0.25, 0.3) is 0 Å². The minimum Gasteiger partial charge on any atom is -0.444 e. The highest BCUT2D eigenvalue weighted by atomic mass is 16.6. The Morgan fingerprint density at radius 1 is 1.33 bits per heavy atom. The van der Waals surface area contributed by atoms with Crippen molar-refractivity contribution >= 4 is 12.0 Å². The lowest BCUT2D eigenvalue weighted by atomic mass is 10.2. The lowest BCUT2D eigenvalue weighted by Crippen LogP contribution is -2.48. The summed E-state index contributed by atoms with van der Waals surface area (Å²) in [5.41, 5.74) is -0.549. The minimum absolute atomic E-state index is 0.129. The molecule has 1 rings (SSSR count). The molecule has 5 nitrogen and oxygen atoms in total. The quantitative estimate of drug-likeness (QED) is 0.788. The molecule has 1 fully saturated rings. The third-order valence-electron chi connectivity index (χ3n) is 2.68. The molecule has 0 radical (unpaired) electrons. The summed E-state index contributed by atoms with van der Waals surface area (Å²) in [6, 6.07) is -0.515. The molecule has 0 saturated heterocycles. The summed E-state index contributed by atoms with van der Waals surface area (Å²) >= 11 is 0. The number of ether oxygens (including phenoxy) is 1. The molecule has 1 saturated carbocycles. The van der Waals surface area contributed by atoms with Gasteiger partial charge in [0.25, 0.3) is 0 Å². The number of carbonyl (C=O) groups excluding carboxylic acids is 2. The number of amides is 2. The maximum absolute atomic E-state index is 11.8. The Morgan fingerprint density at radius 2 is 1.94 bits per heavy atom. The summed E-state index contributed by atoms with van der Waals surface area (Å²) in [6.07, 6.45) is 2.39. The summed E-state index contributed by atoms with van der Waals surface area (Å²) in [5, 5.41) is 5.45. The van der Waals surface area contributed by atoms with Gasteiger partial charge in [-0.15, -0.1) is 0 Å². The molecule has 5 heteroatoms. The molecule has 0 heterocycles. The van der Waals surface area contributed by atoms with Crippen molar-refractivity contribution in [2.24, 2.45) is 5.92 Å². The van der Waals surface area contributed by atoms with Crippen molar-refractivity contribution in [3.05, 3.63) is 0 Å². The molecule has 0 bridgehead atoms. The van der Waals surface area contributed by atoms with Gasteiger partial charge in [0.15, 0.2) is 0 Å². The first kappa shape index (κ1) is 14.8. The van der Waals surface area contributed by atoms with Gasteiger partial charge in [-0.3, -0.25) is 4.79 Å². The highest BCUT2D eigenvalue weighted by Gasteiger charge is 2.25. The Kier molecular flexibility index (Phi) is 4.99. The standard InChI is InChI=1S/C13H24N2O3/c1-5-10(11(16)14-8-9-6-7-9)15-12(17)18-13(2,3)4/h9-10H,5-8H2,1-4H3,(H,14,16)(H,15,17)/t10-/m0/s1. The van der Waals surface area contributed by atoms with Crippen molar-refractivity contribution in [2.75, 3.05) is 6.54 Å². The molecule has 18 heavy (non-hydrogen) atoms. The Hall–Kier alpha value is -1.26. The fourth-order valence-corrected chi connectivity index (χ4v) is 1.49. The van der Waals surface area contributed by atoms with Gasteiger partial charge in [0, 0.05) is 6.54 Å². The van der Waals surface area contributed by atoms with Crippen LogP contribution in [0.5, 0.6) is 0 Å². The van der Waals surface area contributed by atoms with E-state index < -0.39 is 17.7 Å². The van der Waals surface area contributed by atoms with Crippen LogP contribution in [0.4, 0.5) is 4.79 Å². The normalized spacial score (nSPS) is 16.9. The van der Waals surface area contributed by atoms with E-state index >= 15 is 0 Å². The molecule has 0 aromatic rings. The van der Waals surface area contributed by atoms with E-state index in [0.717, 1.165) is 0 Å². The van der Waals surface area contributed by atoms with Crippen LogP contribution < -0.4 is 10.6 Å². The maximum atomic E-state index is 11.8. The van der Waals surface area contributed by atoms with E-state index in [1.54, 1.807) is 20.8 Å². The highest BCUT2D eigenvalue weighted by Crippen LogP contribution is 2.27. The second-order valence-electron chi connectivity index (χ2n) is 5.80. The number of rotatable bonds is 5. The van der Waals surface area contributed by atoms with Crippen LogP contribution in [0.1, 0.15) is 47.0 Å². The molecule has 1 atom stereocenters. The van der Waals surface area contributed by atoms with Crippen LogP contribution in [-0.2, 0) is 9.53 Å². The molecule has 0 unspecified atom stereocenters. The topological polar surface area (TPSA) is 67.4 Å². The predicted molar refractivity (Wildman–Crippen MR) is 69.2 cm³/mol. The number of hydrogen-bond donors (Lipinski definition) is 2. The molecular formula is C13H24N2O3. The van der Waals surface area contributed by atoms with Gasteiger partial charge in [0.1, 0.15) is 11.6 Å². The van der Waals surface area contributed by atoms with Crippen molar-refractivity contribution < 1.29 is 14.3 Å². The molecule has 0 aromatic carbocycles. The Bertz CT molecular complexity index is 306. The molecule has 2 amide bonds. The van der Waals surface area contributed by atoms with Crippen LogP contribution in [0.2, 0.25) is 0 Å². The zero-order valence-electron chi connectivity index (χ0n) is 11.7. The van der Waals surface area contributed by atoms with Gasteiger partial charge in [-0.25, -0.2) is 4.79 Å². The average Bonchev–Trinajstić information content (AvgIpc) is 3.03. The Morgan fingerprint density at radius 3 is 2.39 bits per heavy atom. The van der Waals surface area contributed by atoms with Gasteiger partial charge in [-0.05, 0) is 46.0 Å². The van der Waals surface area contributed by atoms with Gasteiger partial charge < -0.3 is 15.4 Å². The van der Waals surface area contributed by atoms with Crippen molar-refractivity contribution in [1.82, 2.24) is 10.6 Å². The van der Waals surface area contributed by atoms with Crippen molar-refractivity contribution in [2.45, 2.75) is 58.6 Å². The fraction of sp³-hybridized carbons (Fsp3) is 0.846. The first-order chi connectivity index (χ1) is 8.31. The molecule has 1 aliphatic rings. The second-order valence-corrected chi connectivity index (χ2v) is 5.80. The third kappa shape index (κ3) is 5.89. The molecular weight excluding hydrogens is 232 g/mol. The lowest BCUT2D eigenvalue weighted by Gasteiger charge is -2.22. The monoisotopic (exact) mass is 256 g/mol. The van der Waals surface area contributed by atoms with Gasteiger partial charge in [0.05, 0.1) is 0 Å². The molecule has 0 aromatic heterocycles. The minimum atomic E-state index is -0.549. The summed E-state index contributed by atoms with van der Waals surface area (Å²) in [4.78, 5) is 23.4. The van der Waals surface area contributed by atoms with Gasteiger partial charge in [0.2, 0.25) is 5.91 Å². The maximum Gasteiger partial charge on any atom is 0.408 e. The number of alkyl carbamates (subject to hydrolysis) is 1. The molecule has 104 valence electrons. The zero-order valence-corrected chi connectivity index (χ0v) is 11.7. The van der Waals surface area contributed by atoms with Gasteiger partial charge in [-0.1, -0.05) is 6.92 Å². The SMILES string of the molecule is CC[C@H](NC(=O)OC(C)(C)C)C(=O)NCC1CC1. The van der Waals surface area contributed by atoms with E-state index in [1.807, 2.05) is 6.92 Å². The van der Waals surface area contributed by atoms with Crippen molar-refractivity contribution in [3.8, 4) is 0 Å². The van der Waals surface area contributed by atoms with Crippen LogP contribution in [0.15, 0.2) is 0 Å². The van der Waals surface area contributed by atoms with Crippen molar-refractivity contribution in [1.29, 1.82) is 0 Å². The average molecular weight is 256 g/mol. The van der Waals surface area contributed by atoms with Crippen LogP contribution in [0, 0.1) is 5.92 Å². The van der Waals surface area contributed by atoms with Crippen LogP contribution >= 0.6 is 0 Å². The van der Waals surface area contributed by atoms with E-state index in [-0.39, 0.29) is 5.91 Å². The Labute approximate surface area is 109 Å². The Balaban J connectivity index is 2.34. The van der Waals surface area contributed by atoms with E-state index in [1.165, 1.54) is 12.8 Å². The van der Waals surface area contributed by atoms with E-state index in [0.29, 0.717) is 18.9 Å². The first-order valence-corrected chi connectivity index (χ1v) is 6.59. The van der Waals surface area contributed by atoms with Crippen molar-refractivity contribution in [3.63, 3.8) is 0 Å². The van der Waals surface area contributed by atoms with Crippen LogP contribution in [0.3, 0.4) is 0 Å². The summed E-state index contributed by atoms with van der Waals surface area (Å²) in [5.74, 6) is 0.503. The molecule has 2 N–H and O–H groups in total.